The minimum Gasteiger partial charge on any atom is -0.351 e. The van der Waals surface area contributed by atoms with Crippen molar-refractivity contribution in [1.82, 2.24) is 10.2 Å². The molecule has 2 heterocycles. The zero-order chi connectivity index (χ0) is 16.7. The molecule has 1 atom stereocenters. The molecule has 0 spiro atoms. The number of nitrogens with zero attached hydrogens (tertiary/aromatic N) is 1. The molecule has 1 aromatic carbocycles. The summed E-state index contributed by atoms with van der Waals surface area (Å²) in [6.45, 7) is 3.92. The summed E-state index contributed by atoms with van der Waals surface area (Å²) < 4.78 is 1.16. The van der Waals surface area contributed by atoms with Gasteiger partial charge >= 0.3 is 0 Å². The fraction of sp³-hybridized carbons (Fsp3) is 0.474. The zero-order valence-electron chi connectivity index (χ0n) is 13.9. The van der Waals surface area contributed by atoms with E-state index in [1.54, 1.807) is 18.3 Å². The highest BCUT2D eigenvalue weighted by Gasteiger charge is 2.32. The molecule has 5 heteroatoms. The van der Waals surface area contributed by atoms with Crippen LogP contribution in [0.4, 0.5) is 0 Å². The maximum Gasteiger partial charge on any atom is 0.261 e. The number of fused-ring (bicyclic) bond motifs is 1. The van der Waals surface area contributed by atoms with E-state index in [9.17, 15) is 9.59 Å². The van der Waals surface area contributed by atoms with Crippen molar-refractivity contribution >= 4 is 33.2 Å². The Balaban J connectivity index is 1.67. The average Bonchev–Trinajstić information content (AvgIpc) is 3.13. The highest BCUT2D eigenvalue weighted by molar-refractivity contribution is 7.21. The molecule has 0 bridgehead atoms. The number of nitrogens with one attached hydrogen (secondary N) is 1. The van der Waals surface area contributed by atoms with Crippen molar-refractivity contribution in [2.75, 3.05) is 19.6 Å². The lowest BCUT2D eigenvalue weighted by Crippen LogP contribution is -2.27. The molecule has 1 N–H and O–H groups in total. The third kappa shape index (κ3) is 2.93. The van der Waals surface area contributed by atoms with Gasteiger partial charge in [0.15, 0.2) is 0 Å². The largest absolute Gasteiger partial charge is 0.351 e. The number of benzene rings is 1. The van der Waals surface area contributed by atoms with Gasteiger partial charge in [0.1, 0.15) is 0 Å². The van der Waals surface area contributed by atoms with Gasteiger partial charge in [0.05, 0.1) is 4.88 Å². The Labute approximate surface area is 145 Å². The monoisotopic (exact) mass is 342 g/mol. The van der Waals surface area contributed by atoms with Crippen molar-refractivity contribution in [1.29, 1.82) is 0 Å². The predicted octanol–water partition coefficient (Wildman–Crippen LogP) is 3.38. The molecule has 24 heavy (non-hydrogen) atoms. The van der Waals surface area contributed by atoms with Crippen molar-refractivity contribution in [3.05, 3.63) is 34.7 Å². The standard InChI is InChI=1S/C19H22N2O2S/c1-12(22)21-9-8-14(11-21)17-15-4-2-3-5-16(15)24-18(17)19(23)20-10-13-6-7-13/h2-5,13-14H,6-11H2,1H3,(H,20,23). The Bertz CT molecular complexity index is 794. The van der Waals surface area contributed by atoms with E-state index in [0.29, 0.717) is 5.92 Å². The van der Waals surface area contributed by atoms with Gasteiger partial charge in [0.25, 0.3) is 5.91 Å². The van der Waals surface area contributed by atoms with E-state index in [0.717, 1.165) is 41.2 Å². The Kier molecular flexibility index (Phi) is 4.04. The van der Waals surface area contributed by atoms with Crippen LogP contribution in [0, 0.1) is 5.92 Å². The summed E-state index contributed by atoms with van der Waals surface area (Å²) in [7, 11) is 0. The minimum absolute atomic E-state index is 0.0550. The van der Waals surface area contributed by atoms with Crippen LogP contribution in [-0.2, 0) is 4.79 Å². The van der Waals surface area contributed by atoms with Crippen molar-refractivity contribution in [3.8, 4) is 0 Å². The summed E-state index contributed by atoms with van der Waals surface area (Å²) in [5.74, 6) is 1.11. The molecule has 2 aromatic rings. The van der Waals surface area contributed by atoms with E-state index in [1.165, 1.54) is 18.2 Å². The Morgan fingerprint density at radius 1 is 1.25 bits per heavy atom. The summed E-state index contributed by atoms with van der Waals surface area (Å²) in [5.41, 5.74) is 1.15. The molecule has 1 aliphatic carbocycles. The minimum atomic E-state index is 0.0550. The Morgan fingerprint density at radius 3 is 2.75 bits per heavy atom. The van der Waals surface area contributed by atoms with Gasteiger partial charge < -0.3 is 10.2 Å². The number of hydrogen-bond acceptors (Lipinski definition) is 3. The number of carbonyl (C=O) groups excluding carboxylic acids is 2. The highest BCUT2D eigenvalue weighted by Crippen LogP contribution is 2.40. The molecule has 1 saturated heterocycles. The van der Waals surface area contributed by atoms with E-state index in [-0.39, 0.29) is 17.7 Å². The van der Waals surface area contributed by atoms with Crippen LogP contribution in [0.5, 0.6) is 0 Å². The van der Waals surface area contributed by atoms with Gasteiger partial charge in [0.2, 0.25) is 5.91 Å². The second-order valence-electron chi connectivity index (χ2n) is 6.95. The number of hydrogen-bond donors (Lipinski definition) is 1. The van der Waals surface area contributed by atoms with Gasteiger partial charge in [-0.3, -0.25) is 9.59 Å². The number of amides is 2. The molecule has 1 aliphatic heterocycles. The summed E-state index contributed by atoms with van der Waals surface area (Å²) >= 11 is 1.59. The van der Waals surface area contributed by atoms with Crippen LogP contribution < -0.4 is 5.32 Å². The van der Waals surface area contributed by atoms with E-state index in [1.807, 2.05) is 17.0 Å². The summed E-state index contributed by atoms with van der Waals surface area (Å²) in [5, 5.41) is 4.29. The van der Waals surface area contributed by atoms with Gasteiger partial charge in [-0.05, 0) is 42.2 Å². The van der Waals surface area contributed by atoms with Crippen LogP contribution >= 0.6 is 11.3 Å². The van der Waals surface area contributed by atoms with Crippen LogP contribution in [0.25, 0.3) is 10.1 Å². The fourth-order valence-electron chi connectivity index (χ4n) is 3.56. The fourth-order valence-corrected chi connectivity index (χ4v) is 4.77. The van der Waals surface area contributed by atoms with E-state index >= 15 is 0 Å². The average molecular weight is 342 g/mol. The van der Waals surface area contributed by atoms with Crippen LogP contribution in [0.2, 0.25) is 0 Å². The molecule has 0 radical (unpaired) electrons. The molecule has 4 nitrogen and oxygen atoms in total. The molecule has 2 fully saturated rings. The third-order valence-corrected chi connectivity index (χ3v) is 6.32. The second kappa shape index (κ2) is 6.20. The molecular weight excluding hydrogens is 320 g/mol. The van der Waals surface area contributed by atoms with Crippen molar-refractivity contribution < 1.29 is 9.59 Å². The van der Waals surface area contributed by atoms with Gasteiger partial charge in [-0.25, -0.2) is 0 Å². The number of rotatable bonds is 4. The first-order valence-corrected chi connectivity index (χ1v) is 9.50. The Hall–Kier alpha value is -1.88. The van der Waals surface area contributed by atoms with E-state index in [4.69, 9.17) is 0 Å². The van der Waals surface area contributed by atoms with Gasteiger partial charge in [-0.2, -0.15) is 0 Å². The first-order chi connectivity index (χ1) is 11.6. The first-order valence-electron chi connectivity index (χ1n) is 8.68. The van der Waals surface area contributed by atoms with Crippen molar-refractivity contribution in [2.45, 2.75) is 32.1 Å². The summed E-state index contributed by atoms with van der Waals surface area (Å²) in [6, 6.07) is 8.24. The van der Waals surface area contributed by atoms with Crippen LogP contribution in [0.15, 0.2) is 24.3 Å². The van der Waals surface area contributed by atoms with Gasteiger partial charge in [0, 0.05) is 37.2 Å². The maximum absolute atomic E-state index is 12.8. The lowest BCUT2D eigenvalue weighted by Gasteiger charge is -2.15. The molecule has 1 unspecified atom stereocenters. The smallest absolute Gasteiger partial charge is 0.261 e. The quantitative estimate of drug-likeness (QED) is 0.926. The van der Waals surface area contributed by atoms with Crippen LogP contribution in [-0.4, -0.2) is 36.3 Å². The Morgan fingerprint density at radius 2 is 2.04 bits per heavy atom. The normalized spacial score (nSPS) is 20.5. The van der Waals surface area contributed by atoms with Crippen molar-refractivity contribution in [3.63, 3.8) is 0 Å². The summed E-state index contributed by atoms with van der Waals surface area (Å²) in [4.78, 5) is 27.2. The SMILES string of the molecule is CC(=O)N1CCC(c2c(C(=O)NCC3CC3)sc3ccccc23)C1. The molecule has 126 valence electrons. The lowest BCUT2D eigenvalue weighted by atomic mass is 9.95. The van der Waals surface area contributed by atoms with Crippen LogP contribution in [0.1, 0.15) is 47.3 Å². The lowest BCUT2D eigenvalue weighted by molar-refractivity contribution is -0.127. The van der Waals surface area contributed by atoms with Gasteiger partial charge in [-0.1, -0.05) is 18.2 Å². The number of carbonyl (C=O) groups is 2. The first kappa shape index (κ1) is 15.6. The molecule has 2 aliphatic rings. The van der Waals surface area contributed by atoms with Crippen LogP contribution in [0.3, 0.4) is 0 Å². The third-order valence-electron chi connectivity index (χ3n) is 5.13. The number of likely N-dealkylation sites (tertiary alicyclic amines) is 1. The van der Waals surface area contributed by atoms with Gasteiger partial charge in [-0.15, -0.1) is 11.3 Å². The topological polar surface area (TPSA) is 49.4 Å². The molecular formula is C19H22N2O2S. The molecule has 4 rings (SSSR count). The molecule has 1 saturated carbocycles. The second-order valence-corrected chi connectivity index (χ2v) is 8.00. The van der Waals surface area contributed by atoms with E-state index < -0.39 is 0 Å². The summed E-state index contributed by atoms with van der Waals surface area (Å²) in [6.07, 6.45) is 3.40. The highest BCUT2D eigenvalue weighted by atomic mass is 32.1. The predicted molar refractivity (Wildman–Crippen MR) is 96.5 cm³/mol. The van der Waals surface area contributed by atoms with Crippen molar-refractivity contribution in [2.24, 2.45) is 5.92 Å². The molecule has 2 amide bonds. The zero-order valence-corrected chi connectivity index (χ0v) is 14.7. The van der Waals surface area contributed by atoms with E-state index in [2.05, 4.69) is 17.4 Å². The maximum atomic E-state index is 12.8. The number of thiophene rings is 1. The molecule has 1 aromatic heterocycles.